The number of methoxy groups -OCH3 is 2. The third kappa shape index (κ3) is 2.11. The topological polar surface area (TPSA) is 47.9 Å². The predicted octanol–water partition coefficient (Wildman–Crippen LogP) is 3.38. The number of benzene rings is 1. The second kappa shape index (κ2) is 5.24. The summed E-state index contributed by atoms with van der Waals surface area (Å²) in [4.78, 5) is 14.7. The lowest BCUT2D eigenvalue weighted by atomic mass is 9.72. The van der Waals surface area contributed by atoms with Gasteiger partial charge in [0.05, 0.1) is 19.2 Å². The van der Waals surface area contributed by atoms with Crippen LogP contribution in [0.25, 0.3) is 0 Å². The van der Waals surface area contributed by atoms with E-state index in [0.717, 1.165) is 30.4 Å². The molecule has 0 atom stereocenters. The van der Waals surface area contributed by atoms with Crippen molar-refractivity contribution in [3.8, 4) is 11.5 Å². The Morgan fingerprint density at radius 3 is 2.47 bits per heavy atom. The van der Waals surface area contributed by atoms with Crippen LogP contribution in [0.15, 0.2) is 11.1 Å². The van der Waals surface area contributed by atoms with Gasteiger partial charge in [0, 0.05) is 11.1 Å². The van der Waals surface area contributed by atoms with E-state index in [-0.39, 0.29) is 0 Å². The van der Waals surface area contributed by atoms with E-state index in [0.29, 0.717) is 16.5 Å². The Bertz CT molecular complexity index is 546. The van der Waals surface area contributed by atoms with Crippen molar-refractivity contribution in [2.75, 3.05) is 14.2 Å². The van der Waals surface area contributed by atoms with Crippen LogP contribution in [-0.2, 0) is 10.3 Å². The maximum Gasteiger partial charge on any atom is 0.235 e. The molecule has 0 aromatic heterocycles. The quantitative estimate of drug-likeness (QED) is 0.628. The molecule has 1 saturated carbocycles. The lowest BCUT2D eigenvalue weighted by molar-refractivity contribution is 0.245. The van der Waals surface area contributed by atoms with Crippen LogP contribution in [0.4, 0.5) is 0 Å². The molecule has 0 amide bonds. The minimum Gasteiger partial charge on any atom is -0.496 e. The van der Waals surface area contributed by atoms with Gasteiger partial charge in [-0.2, -0.15) is 4.99 Å². The van der Waals surface area contributed by atoms with Crippen molar-refractivity contribution >= 4 is 17.7 Å². The van der Waals surface area contributed by atoms with E-state index in [4.69, 9.17) is 21.1 Å². The zero-order valence-electron chi connectivity index (χ0n) is 11.2. The van der Waals surface area contributed by atoms with Gasteiger partial charge >= 0.3 is 0 Å². The first kappa shape index (κ1) is 13.9. The Morgan fingerprint density at radius 2 is 2.05 bits per heavy atom. The number of ether oxygens (including phenoxy) is 2. The summed E-state index contributed by atoms with van der Waals surface area (Å²) < 4.78 is 10.7. The lowest BCUT2D eigenvalue weighted by Gasteiger charge is -2.38. The summed E-state index contributed by atoms with van der Waals surface area (Å²) in [7, 11) is 3.15. The highest BCUT2D eigenvalue weighted by atomic mass is 35.5. The Hall–Kier alpha value is -1.51. The average Bonchev–Trinajstić information content (AvgIpc) is 2.37. The molecular weight excluding hydrogens is 266 g/mol. The standard InChI is InChI=1S/C14H16ClNO3/c1-9-11(18-2)7-10(13(19-3)12(9)15)14(16-8-17)5-4-6-14/h7H,4-6H2,1-3H3. The van der Waals surface area contributed by atoms with Gasteiger partial charge in [0.1, 0.15) is 17.0 Å². The normalized spacial score (nSPS) is 16.2. The number of isocyanates is 1. The zero-order valence-corrected chi connectivity index (χ0v) is 12.0. The number of hydrogen-bond donors (Lipinski definition) is 0. The first-order valence-corrected chi connectivity index (χ1v) is 6.48. The van der Waals surface area contributed by atoms with Gasteiger partial charge in [0.25, 0.3) is 0 Å². The van der Waals surface area contributed by atoms with Gasteiger partial charge in [-0.15, -0.1) is 0 Å². The molecule has 2 rings (SSSR count). The molecule has 0 N–H and O–H groups in total. The van der Waals surface area contributed by atoms with Crippen LogP contribution >= 0.6 is 11.6 Å². The van der Waals surface area contributed by atoms with Crippen molar-refractivity contribution in [3.63, 3.8) is 0 Å². The van der Waals surface area contributed by atoms with Crippen molar-refractivity contribution < 1.29 is 14.3 Å². The molecule has 19 heavy (non-hydrogen) atoms. The average molecular weight is 282 g/mol. The molecule has 1 aliphatic carbocycles. The highest BCUT2D eigenvalue weighted by Crippen LogP contribution is 2.51. The summed E-state index contributed by atoms with van der Waals surface area (Å²) in [5.41, 5.74) is 1.06. The molecule has 1 aromatic rings. The second-order valence-corrected chi connectivity index (χ2v) is 5.06. The molecule has 5 heteroatoms. The molecule has 1 aromatic carbocycles. The molecule has 1 fully saturated rings. The number of carbonyl (C=O) groups excluding carboxylic acids is 1. The number of nitrogens with zero attached hydrogens (tertiary/aromatic N) is 1. The SMILES string of the molecule is COc1cc(C2(N=C=O)CCC2)c(OC)c(Cl)c1C. The van der Waals surface area contributed by atoms with Crippen molar-refractivity contribution in [2.24, 2.45) is 4.99 Å². The van der Waals surface area contributed by atoms with Crippen LogP contribution < -0.4 is 9.47 Å². The highest BCUT2D eigenvalue weighted by Gasteiger charge is 2.42. The van der Waals surface area contributed by atoms with Gasteiger partial charge in [0.2, 0.25) is 6.08 Å². The largest absolute Gasteiger partial charge is 0.496 e. The second-order valence-electron chi connectivity index (χ2n) is 4.69. The van der Waals surface area contributed by atoms with E-state index in [1.165, 1.54) is 0 Å². The number of rotatable bonds is 4. The fraction of sp³-hybridized carbons (Fsp3) is 0.500. The molecule has 4 nitrogen and oxygen atoms in total. The van der Waals surface area contributed by atoms with Gasteiger partial charge in [-0.05, 0) is 32.3 Å². The van der Waals surface area contributed by atoms with Gasteiger partial charge in [0.15, 0.2) is 0 Å². The smallest absolute Gasteiger partial charge is 0.235 e. The van der Waals surface area contributed by atoms with Crippen LogP contribution in [0.3, 0.4) is 0 Å². The Labute approximate surface area is 117 Å². The first-order valence-electron chi connectivity index (χ1n) is 6.10. The fourth-order valence-corrected chi connectivity index (χ4v) is 2.77. The number of hydrogen-bond acceptors (Lipinski definition) is 4. The maximum absolute atomic E-state index is 10.7. The Morgan fingerprint density at radius 1 is 1.37 bits per heavy atom. The molecule has 0 heterocycles. The van der Waals surface area contributed by atoms with Crippen molar-refractivity contribution in [2.45, 2.75) is 31.7 Å². The summed E-state index contributed by atoms with van der Waals surface area (Å²) in [6.45, 7) is 1.86. The lowest BCUT2D eigenvalue weighted by Crippen LogP contribution is -2.32. The number of aliphatic imine (C=N–C) groups is 1. The van der Waals surface area contributed by atoms with Crippen LogP contribution in [0.5, 0.6) is 11.5 Å². The molecular formula is C14H16ClNO3. The van der Waals surface area contributed by atoms with Gasteiger partial charge in [-0.25, -0.2) is 4.79 Å². The van der Waals surface area contributed by atoms with Gasteiger partial charge < -0.3 is 9.47 Å². The minimum absolute atomic E-state index is 0.504. The monoisotopic (exact) mass is 281 g/mol. The fourth-order valence-electron chi connectivity index (χ4n) is 2.50. The van der Waals surface area contributed by atoms with E-state index < -0.39 is 5.54 Å². The van der Waals surface area contributed by atoms with Crippen molar-refractivity contribution in [1.29, 1.82) is 0 Å². The molecule has 0 aliphatic heterocycles. The van der Waals surface area contributed by atoms with Gasteiger partial charge in [-0.1, -0.05) is 11.6 Å². The summed E-state index contributed by atoms with van der Waals surface area (Å²) in [5.74, 6) is 1.24. The summed E-state index contributed by atoms with van der Waals surface area (Å²) in [5, 5.41) is 0.504. The van der Waals surface area contributed by atoms with Crippen LogP contribution in [0.2, 0.25) is 5.02 Å². The van der Waals surface area contributed by atoms with Crippen LogP contribution in [-0.4, -0.2) is 20.3 Å². The van der Waals surface area contributed by atoms with E-state index >= 15 is 0 Å². The third-order valence-electron chi connectivity index (χ3n) is 3.78. The van der Waals surface area contributed by atoms with E-state index in [2.05, 4.69) is 4.99 Å². The molecule has 1 aliphatic rings. The third-order valence-corrected chi connectivity index (χ3v) is 4.24. The summed E-state index contributed by atoms with van der Waals surface area (Å²) >= 11 is 6.32. The van der Waals surface area contributed by atoms with Crippen LogP contribution in [0, 0.1) is 6.92 Å². The van der Waals surface area contributed by atoms with Crippen molar-refractivity contribution in [3.05, 3.63) is 22.2 Å². The van der Waals surface area contributed by atoms with Crippen LogP contribution in [0.1, 0.15) is 30.4 Å². The summed E-state index contributed by atoms with van der Waals surface area (Å²) in [6, 6.07) is 1.86. The Kier molecular flexibility index (Phi) is 3.83. The van der Waals surface area contributed by atoms with Gasteiger partial charge in [-0.3, -0.25) is 0 Å². The minimum atomic E-state index is -0.558. The molecule has 0 bridgehead atoms. The molecule has 102 valence electrons. The Balaban J connectivity index is 2.68. The molecule has 0 radical (unpaired) electrons. The molecule has 0 spiro atoms. The molecule has 0 unspecified atom stereocenters. The number of halogens is 1. The maximum atomic E-state index is 10.7. The van der Waals surface area contributed by atoms with Crippen molar-refractivity contribution in [1.82, 2.24) is 0 Å². The summed E-state index contributed by atoms with van der Waals surface area (Å²) in [6.07, 6.45) is 4.27. The van der Waals surface area contributed by atoms with E-state index in [1.54, 1.807) is 20.3 Å². The first-order chi connectivity index (χ1) is 9.09. The van der Waals surface area contributed by atoms with E-state index in [1.807, 2.05) is 13.0 Å². The molecule has 0 saturated heterocycles. The zero-order chi connectivity index (χ0) is 14.0. The predicted molar refractivity (Wildman–Crippen MR) is 72.9 cm³/mol. The van der Waals surface area contributed by atoms with E-state index in [9.17, 15) is 4.79 Å². The highest BCUT2D eigenvalue weighted by molar-refractivity contribution is 6.33.